The molecule has 7 rings (SSSR count). The first kappa shape index (κ1) is 29.5. The van der Waals surface area contributed by atoms with E-state index in [1.165, 1.54) is 81.9 Å². The van der Waals surface area contributed by atoms with E-state index < -0.39 is 0 Å². The quantitative estimate of drug-likeness (QED) is 0.315. The van der Waals surface area contributed by atoms with E-state index in [1.54, 1.807) is 13.8 Å². The van der Waals surface area contributed by atoms with Crippen LogP contribution in [0, 0.1) is 40.4 Å². The molecule has 7 nitrogen and oxygen atoms in total. The summed E-state index contributed by atoms with van der Waals surface area (Å²) in [6.45, 7) is 15.7. The van der Waals surface area contributed by atoms with Gasteiger partial charge in [-0.1, -0.05) is 13.8 Å². The Bertz CT molecular complexity index is 1030. The van der Waals surface area contributed by atoms with Gasteiger partial charge in [0.25, 0.3) is 0 Å². The summed E-state index contributed by atoms with van der Waals surface area (Å²) in [6, 6.07) is 0.755. The number of quaternary nitrogens is 1. The summed E-state index contributed by atoms with van der Waals surface area (Å²) in [4.78, 5) is 27.4. The maximum absolute atomic E-state index is 12.7. The Labute approximate surface area is 253 Å². The molecule has 10 atom stereocenters. The van der Waals surface area contributed by atoms with Crippen molar-refractivity contribution in [2.45, 2.75) is 123 Å². The fourth-order valence-electron chi connectivity index (χ4n) is 12.2. The number of fused-ring (bicyclic) bond motifs is 5. The van der Waals surface area contributed by atoms with E-state index in [0.29, 0.717) is 29.7 Å². The number of carbonyl (C=O) groups excluding carboxylic acids is 2. The van der Waals surface area contributed by atoms with Crippen LogP contribution >= 0.6 is 0 Å². The number of hydrogen-bond acceptors (Lipinski definition) is 6. The molecule has 0 aromatic rings. The highest BCUT2D eigenvalue weighted by Gasteiger charge is 2.68. The molecular formula is C35H57N2O5+. The van der Waals surface area contributed by atoms with Crippen LogP contribution in [-0.4, -0.2) is 91.6 Å². The van der Waals surface area contributed by atoms with E-state index in [4.69, 9.17) is 14.2 Å². The standard InChI is InChI=1S/C35H57N2O5/c1-23(38)41-32-19-26-9-10-27-28(35(26,4)21-30(32)36-13-17-40-18-14-36)11-12-34(3)29(27)20-31(33(34)42-24(2)39)37(15-5-6-16-37)22-25-7-8-25/h25-33H,5-22H2,1-4H3/q+1/t26?,27-,28-,29+,30?,31?,32?,33?,34+,35+/m1/s1. The average Bonchev–Trinajstić information content (AvgIpc) is 3.55. The third-order valence-corrected chi connectivity index (χ3v) is 14.2. The molecule has 0 aromatic heterocycles. The smallest absolute Gasteiger partial charge is 0.303 e. The maximum Gasteiger partial charge on any atom is 0.303 e. The van der Waals surface area contributed by atoms with Gasteiger partial charge in [0.15, 0.2) is 6.10 Å². The number of hydrogen-bond donors (Lipinski definition) is 0. The lowest BCUT2D eigenvalue weighted by atomic mass is 9.44. The predicted molar refractivity (Wildman–Crippen MR) is 160 cm³/mol. The molecule has 0 N–H and O–H groups in total. The van der Waals surface area contributed by atoms with Gasteiger partial charge in [0.2, 0.25) is 0 Å². The van der Waals surface area contributed by atoms with Gasteiger partial charge in [0, 0.05) is 63.6 Å². The third-order valence-electron chi connectivity index (χ3n) is 14.2. The minimum Gasteiger partial charge on any atom is -0.461 e. The number of esters is 2. The number of rotatable bonds is 6. The lowest BCUT2D eigenvalue weighted by molar-refractivity contribution is -0.944. The number of morpholine rings is 1. The Morgan fingerprint density at radius 2 is 1.60 bits per heavy atom. The van der Waals surface area contributed by atoms with Crippen LogP contribution in [0.1, 0.15) is 98.3 Å². The van der Waals surface area contributed by atoms with Crippen LogP contribution in [-0.2, 0) is 23.8 Å². The van der Waals surface area contributed by atoms with Crippen LogP contribution in [0.3, 0.4) is 0 Å². The average molecular weight is 586 g/mol. The fourth-order valence-corrected chi connectivity index (χ4v) is 12.2. The van der Waals surface area contributed by atoms with E-state index in [1.807, 2.05) is 0 Å². The van der Waals surface area contributed by atoms with Crippen LogP contribution in [0.2, 0.25) is 0 Å². The van der Waals surface area contributed by atoms with Crippen LogP contribution in [0.15, 0.2) is 0 Å². The monoisotopic (exact) mass is 585 g/mol. The minimum absolute atomic E-state index is 0.00441. The zero-order valence-electron chi connectivity index (χ0n) is 26.9. The molecule has 7 fully saturated rings. The highest BCUT2D eigenvalue weighted by molar-refractivity contribution is 5.66. The summed E-state index contributed by atoms with van der Waals surface area (Å²) in [5.41, 5.74) is 0.337. The first-order valence-corrected chi connectivity index (χ1v) is 17.6. The second kappa shape index (κ2) is 11.0. The normalized spacial score (nSPS) is 46.8. The number of ether oxygens (including phenoxy) is 3. The van der Waals surface area contributed by atoms with Crippen molar-refractivity contribution in [2.75, 3.05) is 45.9 Å². The van der Waals surface area contributed by atoms with Crippen molar-refractivity contribution < 1.29 is 28.3 Å². The Morgan fingerprint density at radius 1 is 0.881 bits per heavy atom. The van der Waals surface area contributed by atoms with Crippen molar-refractivity contribution in [1.82, 2.24) is 4.90 Å². The van der Waals surface area contributed by atoms with Gasteiger partial charge in [-0.15, -0.1) is 0 Å². The summed E-state index contributed by atoms with van der Waals surface area (Å²) in [5, 5.41) is 0. The Morgan fingerprint density at radius 3 is 2.26 bits per heavy atom. The molecule has 2 aliphatic heterocycles. The summed E-state index contributed by atoms with van der Waals surface area (Å²) in [7, 11) is 0. The number of nitrogens with zero attached hydrogens (tertiary/aromatic N) is 2. The van der Waals surface area contributed by atoms with Gasteiger partial charge in [-0.3, -0.25) is 14.5 Å². The molecule has 5 saturated carbocycles. The third kappa shape index (κ3) is 4.96. The molecule has 7 heteroatoms. The molecule has 0 spiro atoms. The summed E-state index contributed by atoms with van der Waals surface area (Å²) >= 11 is 0. The van der Waals surface area contributed by atoms with Crippen molar-refractivity contribution in [3.63, 3.8) is 0 Å². The van der Waals surface area contributed by atoms with E-state index >= 15 is 0 Å². The largest absolute Gasteiger partial charge is 0.461 e. The van der Waals surface area contributed by atoms with Gasteiger partial charge in [-0.05, 0) is 80.5 Å². The summed E-state index contributed by atoms with van der Waals surface area (Å²) in [5.74, 6) is 3.32. The van der Waals surface area contributed by atoms with E-state index in [-0.39, 0.29) is 41.0 Å². The number of carbonyl (C=O) groups is 2. The van der Waals surface area contributed by atoms with Crippen LogP contribution < -0.4 is 0 Å². The summed E-state index contributed by atoms with van der Waals surface area (Å²) in [6.07, 6.45) is 13.8. The van der Waals surface area contributed by atoms with E-state index in [9.17, 15) is 9.59 Å². The summed E-state index contributed by atoms with van der Waals surface area (Å²) < 4.78 is 19.5. The maximum atomic E-state index is 12.7. The van der Waals surface area contributed by atoms with Crippen molar-refractivity contribution >= 4 is 11.9 Å². The van der Waals surface area contributed by atoms with Crippen molar-refractivity contribution in [3.05, 3.63) is 0 Å². The molecule has 0 radical (unpaired) electrons. The fraction of sp³-hybridized carbons (Fsp3) is 0.943. The van der Waals surface area contributed by atoms with Crippen molar-refractivity contribution in [3.8, 4) is 0 Å². The van der Waals surface area contributed by atoms with Gasteiger partial charge in [-0.2, -0.15) is 0 Å². The molecule has 236 valence electrons. The second-order valence-electron chi connectivity index (χ2n) is 16.3. The lowest BCUT2D eigenvalue weighted by Gasteiger charge is -2.62. The lowest BCUT2D eigenvalue weighted by Crippen LogP contribution is -2.62. The molecule has 0 bridgehead atoms. The molecule has 5 unspecified atom stereocenters. The highest BCUT2D eigenvalue weighted by Crippen LogP contribution is 2.68. The van der Waals surface area contributed by atoms with E-state index in [0.717, 1.165) is 45.1 Å². The van der Waals surface area contributed by atoms with Gasteiger partial charge >= 0.3 is 11.9 Å². The predicted octanol–water partition coefficient (Wildman–Crippen LogP) is 5.20. The molecule has 0 amide bonds. The van der Waals surface area contributed by atoms with Gasteiger partial charge in [0.05, 0.1) is 32.8 Å². The van der Waals surface area contributed by atoms with Crippen molar-refractivity contribution in [1.29, 1.82) is 0 Å². The van der Waals surface area contributed by atoms with Crippen molar-refractivity contribution in [2.24, 2.45) is 40.4 Å². The molecule has 42 heavy (non-hydrogen) atoms. The van der Waals surface area contributed by atoms with E-state index in [2.05, 4.69) is 18.7 Å². The number of likely N-dealkylation sites (tertiary alicyclic amines) is 1. The van der Waals surface area contributed by atoms with Gasteiger partial charge < -0.3 is 18.7 Å². The molecular weight excluding hydrogens is 528 g/mol. The molecule has 7 aliphatic rings. The Hall–Kier alpha value is -1.18. The molecule has 2 saturated heterocycles. The van der Waals surface area contributed by atoms with Gasteiger partial charge in [-0.25, -0.2) is 0 Å². The molecule has 0 aromatic carbocycles. The van der Waals surface area contributed by atoms with Crippen LogP contribution in [0.5, 0.6) is 0 Å². The minimum atomic E-state index is -0.136. The Kier molecular flexibility index (Phi) is 7.74. The molecule has 5 aliphatic carbocycles. The van der Waals surface area contributed by atoms with Crippen LogP contribution in [0.25, 0.3) is 0 Å². The SMILES string of the molecule is CC(=O)OC1CC2CC[C@@H]3[C@@H](CC[C@]4(C)C(OC(C)=O)C([N+]5(CC6CC6)CCCC5)C[C@@H]34)[C@@]2(C)CC1N1CCOCC1. The Balaban J connectivity index is 1.18. The van der Waals surface area contributed by atoms with Crippen LogP contribution in [0.4, 0.5) is 0 Å². The zero-order valence-corrected chi connectivity index (χ0v) is 26.9. The zero-order chi connectivity index (χ0) is 29.3. The molecule has 2 heterocycles. The second-order valence-corrected chi connectivity index (χ2v) is 16.3. The highest BCUT2D eigenvalue weighted by atomic mass is 16.5. The first-order chi connectivity index (χ1) is 20.1. The topological polar surface area (TPSA) is 65.1 Å². The first-order valence-electron chi connectivity index (χ1n) is 17.6. The van der Waals surface area contributed by atoms with Gasteiger partial charge in [0.1, 0.15) is 12.1 Å².